The summed E-state index contributed by atoms with van der Waals surface area (Å²) in [6.07, 6.45) is 3.10. The third kappa shape index (κ3) is 1.28. The molecule has 3 atom stereocenters. The number of nitrogens with zero attached hydrogens (tertiary/aromatic N) is 1. The molecule has 3 unspecified atom stereocenters. The van der Waals surface area contributed by atoms with Gasteiger partial charge in [0.05, 0.1) is 6.10 Å². The monoisotopic (exact) mass is 156 g/mol. The lowest BCUT2D eigenvalue weighted by atomic mass is 9.97. The lowest BCUT2D eigenvalue weighted by Gasteiger charge is -2.33. The molecule has 0 bridgehead atoms. The van der Waals surface area contributed by atoms with Gasteiger partial charge < -0.3 is 10.8 Å². The summed E-state index contributed by atoms with van der Waals surface area (Å²) in [4.78, 5) is 2.33. The Bertz CT molecular complexity index is 151. The summed E-state index contributed by atoms with van der Waals surface area (Å²) in [5.41, 5.74) is 5.93. The summed E-state index contributed by atoms with van der Waals surface area (Å²) in [5, 5.41) is 9.38. The molecule has 0 radical (unpaired) electrons. The van der Waals surface area contributed by atoms with E-state index < -0.39 is 0 Å². The van der Waals surface area contributed by atoms with Crippen LogP contribution in [0.1, 0.15) is 19.3 Å². The number of aliphatic hydroxyl groups excluding tert-OH is 1. The summed E-state index contributed by atoms with van der Waals surface area (Å²) in [6.45, 7) is 1.98. The maximum absolute atomic E-state index is 9.38. The van der Waals surface area contributed by atoms with E-state index in [2.05, 4.69) is 4.90 Å². The maximum Gasteiger partial charge on any atom is 0.0682 e. The molecule has 2 aliphatic heterocycles. The van der Waals surface area contributed by atoms with Gasteiger partial charge in [0, 0.05) is 18.6 Å². The van der Waals surface area contributed by atoms with E-state index >= 15 is 0 Å². The molecule has 11 heavy (non-hydrogen) atoms. The molecule has 0 spiro atoms. The molecule has 2 rings (SSSR count). The van der Waals surface area contributed by atoms with Crippen molar-refractivity contribution < 1.29 is 5.11 Å². The van der Waals surface area contributed by atoms with Crippen LogP contribution in [0.3, 0.4) is 0 Å². The highest BCUT2D eigenvalue weighted by Crippen LogP contribution is 2.25. The van der Waals surface area contributed by atoms with Gasteiger partial charge in [-0.25, -0.2) is 0 Å². The minimum atomic E-state index is -0.121. The summed E-state index contributed by atoms with van der Waals surface area (Å²) in [7, 11) is 0. The molecule has 64 valence electrons. The zero-order valence-electron chi connectivity index (χ0n) is 6.74. The van der Waals surface area contributed by atoms with Crippen LogP contribution in [-0.2, 0) is 0 Å². The third-order valence-corrected chi connectivity index (χ3v) is 2.90. The van der Waals surface area contributed by atoms with Gasteiger partial charge in [-0.05, 0) is 25.8 Å². The van der Waals surface area contributed by atoms with E-state index in [9.17, 15) is 5.11 Å². The van der Waals surface area contributed by atoms with Gasteiger partial charge in [0.2, 0.25) is 0 Å². The summed E-state index contributed by atoms with van der Waals surface area (Å²) in [5.74, 6) is 0. The number of aliphatic hydroxyl groups is 1. The maximum atomic E-state index is 9.38. The van der Waals surface area contributed by atoms with E-state index in [0.29, 0.717) is 12.1 Å². The molecule has 0 saturated carbocycles. The fraction of sp³-hybridized carbons (Fsp3) is 1.00. The van der Waals surface area contributed by atoms with Gasteiger partial charge in [0.15, 0.2) is 0 Å². The average molecular weight is 156 g/mol. The second kappa shape index (κ2) is 2.73. The molecule has 2 fully saturated rings. The Kier molecular flexibility index (Phi) is 1.87. The number of nitrogens with two attached hydrogens (primary N) is 1. The normalized spacial score (nSPS) is 45.8. The van der Waals surface area contributed by atoms with Gasteiger partial charge in [-0.2, -0.15) is 0 Å². The Labute approximate surface area is 67.2 Å². The van der Waals surface area contributed by atoms with Gasteiger partial charge in [0.25, 0.3) is 0 Å². The highest BCUT2D eigenvalue weighted by Gasteiger charge is 2.36. The van der Waals surface area contributed by atoms with Crippen LogP contribution < -0.4 is 5.73 Å². The number of piperidine rings is 1. The van der Waals surface area contributed by atoms with Gasteiger partial charge in [-0.1, -0.05) is 0 Å². The van der Waals surface area contributed by atoms with Crippen LogP contribution in [0.4, 0.5) is 0 Å². The molecule has 3 heteroatoms. The van der Waals surface area contributed by atoms with E-state index in [1.165, 1.54) is 6.42 Å². The van der Waals surface area contributed by atoms with Crippen molar-refractivity contribution in [3.8, 4) is 0 Å². The first-order valence-electron chi connectivity index (χ1n) is 4.45. The van der Waals surface area contributed by atoms with Crippen LogP contribution in [0.25, 0.3) is 0 Å². The molecule has 0 amide bonds. The Balaban J connectivity index is 2.03. The van der Waals surface area contributed by atoms with E-state index in [4.69, 9.17) is 5.73 Å². The Hall–Kier alpha value is -0.120. The van der Waals surface area contributed by atoms with Crippen LogP contribution >= 0.6 is 0 Å². The van der Waals surface area contributed by atoms with Gasteiger partial charge in [0.1, 0.15) is 0 Å². The molecule has 3 N–H and O–H groups in total. The quantitative estimate of drug-likeness (QED) is 0.499. The summed E-state index contributed by atoms with van der Waals surface area (Å²) in [6, 6.07) is 0.777. The molecule has 2 aliphatic rings. The van der Waals surface area contributed by atoms with Crippen molar-refractivity contribution in [1.82, 2.24) is 4.90 Å². The van der Waals surface area contributed by atoms with Crippen LogP contribution in [0.15, 0.2) is 0 Å². The first kappa shape index (κ1) is 7.53. The molecule has 0 aromatic rings. The zero-order chi connectivity index (χ0) is 7.84. The largest absolute Gasteiger partial charge is 0.392 e. The van der Waals surface area contributed by atoms with Crippen molar-refractivity contribution in [3.63, 3.8) is 0 Å². The van der Waals surface area contributed by atoms with E-state index in [1.54, 1.807) is 0 Å². The summed E-state index contributed by atoms with van der Waals surface area (Å²) < 4.78 is 0. The molecular formula is C8H16N2O. The van der Waals surface area contributed by atoms with Gasteiger partial charge in [-0.3, -0.25) is 4.90 Å². The van der Waals surface area contributed by atoms with Gasteiger partial charge in [-0.15, -0.1) is 0 Å². The second-order valence-electron chi connectivity index (χ2n) is 3.76. The fourth-order valence-electron chi connectivity index (χ4n) is 2.33. The van der Waals surface area contributed by atoms with E-state index in [0.717, 1.165) is 25.9 Å². The average Bonchev–Trinajstić information content (AvgIpc) is 2.31. The molecule has 0 aromatic heterocycles. The van der Waals surface area contributed by atoms with Gasteiger partial charge >= 0.3 is 0 Å². The first-order valence-corrected chi connectivity index (χ1v) is 4.45. The molecule has 0 aliphatic carbocycles. The Morgan fingerprint density at radius 1 is 1.45 bits per heavy atom. The topological polar surface area (TPSA) is 49.5 Å². The van der Waals surface area contributed by atoms with E-state index in [-0.39, 0.29) is 6.10 Å². The van der Waals surface area contributed by atoms with Crippen molar-refractivity contribution in [3.05, 3.63) is 0 Å². The first-order chi connectivity index (χ1) is 5.27. The zero-order valence-corrected chi connectivity index (χ0v) is 6.74. The smallest absolute Gasteiger partial charge is 0.0682 e. The van der Waals surface area contributed by atoms with Crippen LogP contribution in [0.5, 0.6) is 0 Å². The summed E-state index contributed by atoms with van der Waals surface area (Å²) >= 11 is 0. The minimum absolute atomic E-state index is 0.121. The molecule has 3 nitrogen and oxygen atoms in total. The van der Waals surface area contributed by atoms with Crippen molar-refractivity contribution in [2.45, 2.75) is 37.5 Å². The SMILES string of the molecule is NC1CCCN2CC(O)CC12. The number of hydrogen-bond acceptors (Lipinski definition) is 3. The molecule has 2 saturated heterocycles. The molecule has 2 heterocycles. The third-order valence-electron chi connectivity index (χ3n) is 2.90. The molecular weight excluding hydrogens is 140 g/mol. The standard InChI is InChI=1S/C8H16N2O/c9-7-2-1-3-10-5-6(11)4-8(7)10/h6-8,11H,1-5,9H2. The fourth-order valence-corrected chi connectivity index (χ4v) is 2.33. The number of fused-ring (bicyclic) bond motifs is 1. The Morgan fingerprint density at radius 3 is 3.00 bits per heavy atom. The lowest BCUT2D eigenvalue weighted by molar-refractivity contribution is 0.158. The lowest BCUT2D eigenvalue weighted by Crippen LogP contribution is -2.48. The highest BCUT2D eigenvalue weighted by molar-refractivity contribution is 4.94. The van der Waals surface area contributed by atoms with Crippen LogP contribution in [0.2, 0.25) is 0 Å². The molecule has 0 aromatic carbocycles. The van der Waals surface area contributed by atoms with Crippen molar-refractivity contribution in [1.29, 1.82) is 0 Å². The van der Waals surface area contributed by atoms with Crippen molar-refractivity contribution >= 4 is 0 Å². The second-order valence-corrected chi connectivity index (χ2v) is 3.76. The number of rotatable bonds is 0. The minimum Gasteiger partial charge on any atom is -0.392 e. The number of hydrogen-bond donors (Lipinski definition) is 2. The highest BCUT2D eigenvalue weighted by atomic mass is 16.3. The Morgan fingerprint density at radius 2 is 2.27 bits per heavy atom. The van der Waals surface area contributed by atoms with Crippen molar-refractivity contribution in [2.24, 2.45) is 5.73 Å². The van der Waals surface area contributed by atoms with Crippen LogP contribution in [0, 0.1) is 0 Å². The predicted molar refractivity (Wildman–Crippen MR) is 43.2 cm³/mol. The van der Waals surface area contributed by atoms with Crippen LogP contribution in [-0.4, -0.2) is 41.3 Å². The van der Waals surface area contributed by atoms with E-state index in [1.807, 2.05) is 0 Å². The predicted octanol–water partition coefficient (Wildman–Crippen LogP) is -0.457. The van der Waals surface area contributed by atoms with Crippen molar-refractivity contribution in [2.75, 3.05) is 13.1 Å².